The summed E-state index contributed by atoms with van der Waals surface area (Å²) in [5.74, 6) is 0. The number of para-hydroxylation sites is 4. The van der Waals surface area contributed by atoms with E-state index >= 15 is 0 Å². The summed E-state index contributed by atoms with van der Waals surface area (Å²) in [6.45, 7) is 18.0. The minimum atomic E-state index is -0.0875. The quantitative estimate of drug-likeness (QED) is 0.156. The lowest BCUT2D eigenvalue weighted by atomic mass is 9.86. The van der Waals surface area contributed by atoms with E-state index < -0.39 is 0 Å². The highest BCUT2D eigenvalue weighted by atomic mass is 16.3. The third kappa shape index (κ3) is 5.97. The Bertz CT molecular complexity index is 3610. The van der Waals surface area contributed by atoms with Crippen LogP contribution in [0.25, 0.3) is 76.2 Å². The highest BCUT2D eigenvalue weighted by molar-refractivity contribution is 6.29. The van der Waals surface area contributed by atoms with E-state index in [0.717, 1.165) is 89.1 Å². The second-order valence-electron chi connectivity index (χ2n) is 20.2. The van der Waals surface area contributed by atoms with Crippen LogP contribution in [0.5, 0.6) is 0 Å². The smallest absolute Gasteiger partial charge is 0.159 e. The van der Waals surface area contributed by atoms with E-state index in [1.807, 2.05) is 0 Å². The molecular weight excluding hydrogens is 805 g/mol. The zero-order valence-electron chi connectivity index (χ0n) is 38.9. The predicted molar refractivity (Wildman–Crippen MR) is 281 cm³/mol. The average Bonchev–Trinajstić information content (AvgIpc) is 3.89. The summed E-state index contributed by atoms with van der Waals surface area (Å²) in [5, 5.41) is 11.7. The summed E-state index contributed by atoms with van der Waals surface area (Å²) in [7, 11) is 0. The molecule has 0 amide bonds. The maximum atomic E-state index is 7.12. The first-order valence-electron chi connectivity index (χ1n) is 23.2. The van der Waals surface area contributed by atoms with Gasteiger partial charge in [0.15, 0.2) is 11.2 Å². The van der Waals surface area contributed by atoms with Crippen LogP contribution in [-0.4, -0.2) is 0 Å². The lowest BCUT2D eigenvalue weighted by Crippen LogP contribution is -2.13. The molecule has 0 atom stereocenters. The molecule has 0 fully saturated rings. The highest BCUT2D eigenvalue weighted by Gasteiger charge is 2.29. The SMILES string of the molecule is Cc1ccc2c(oc3c(C(C)(C)C)cccc32)c1N(c1ccccc1)c1ccc2ccc3c(N(c4ccccc4)c4c(C)ccc5c4oc4c(C(C)(C)C)cccc45)ccc4ccc1c2c43. The number of anilines is 6. The van der Waals surface area contributed by atoms with Gasteiger partial charge in [-0.25, -0.2) is 0 Å². The Morgan fingerprint density at radius 1 is 0.333 bits per heavy atom. The molecule has 0 saturated heterocycles. The van der Waals surface area contributed by atoms with Gasteiger partial charge in [-0.3, -0.25) is 0 Å². The first-order valence-corrected chi connectivity index (χ1v) is 23.2. The summed E-state index contributed by atoms with van der Waals surface area (Å²) < 4.78 is 14.2. The van der Waals surface area contributed by atoms with Crippen molar-refractivity contribution < 1.29 is 8.83 Å². The molecule has 4 nitrogen and oxygen atoms in total. The van der Waals surface area contributed by atoms with Gasteiger partial charge in [-0.05, 0) is 93.7 Å². The first kappa shape index (κ1) is 40.0. The topological polar surface area (TPSA) is 32.8 Å². The number of hydrogen-bond donors (Lipinski definition) is 0. The van der Waals surface area contributed by atoms with Crippen LogP contribution in [-0.2, 0) is 10.8 Å². The Morgan fingerprint density at radius 2 is 0.697 bits per heavy atom. The van der Waals surface area contributed by atoms with Crippen molar-refractivity contribution in [2.45, 2.75) is 66.2 Å². The van der Waals surface area contributed by atoms with Crippen molar-refractivity contribution in [3.05, 3.63) is 192 Å². The van der Waals surface area contributed by atoms with Crippen LogP contribution in [0.3, 0.4) is 0 Å². The second-order valence-corrected chi connectivity index (χ2v) is 20.2. The van der Waals surface area contributed by atoms with Gasteiger partial charge in [-0.2, -0.15) is 0 Å². The minimum Gasteiger partial charge on any atom is -0.454 e. The van der Waals surface area contributed by atoms with E-state index in [4.69, 9.17) is 8.83 Å². The monoisotopic (exact) mass is 856 g/mol. The Hall–Kier alpha value is -7.56. The van der Waals surface area contributed by atoms with Crippen LogP contribution in [0.2, 0.25) is 0 Å². The van der Waals surface area contributed by atoms with Crippen molar-refractivity contribution >= 4 is 110 Å². The molecular formula is C62H52N2O2. The molecule has 0 bridgehead atoms. The molecule has 0 spiro atoms. The van der Waals surface area contributed by atoms with Crippen molar-refractivity contribution in [3.63, 3.8) is 0 Å². The van der Waals surface area contributed by atoms with Gasteiger partial charge in [0, 0.05) is 54.8 Å². The fraction of sp³-hybridized carbons (Fsp3) is 0.161. The predicted octanol–water partition coefficient (Wildman–Crippen LogP) is 18.5. The van der Waals surface area contributed by atoms with Gasteiger partial charge in [0.1, 0.15) is 11.2 Å². The van der Waals surface area contributed by atoms with Crippen molar-refractivity contribution in [2.75, 3.05) is 9.80 Å². The van der Waals surface area contributed by atoms with Crippen molar-refractivity contribution in [2.24, 2.45) is 0 Å². The summed E-state index contributed by atoms with van der Waals surface area (Å²) in [6, 6.07) is 62.1. The Kier molecular flexibility index (Phi) is 8.77. The molecule has 2 heterocycles. The number of nitrogens with zero attached hydrogens (tertiary/aromatic N) is 2. The number of rotatable bonds is 6. The first-order chi connectivity index (χ1) is 31.9. The largest absolute Gasteiger partial charge is 0.454 e. The maximum absolute atomic E-state index is 7.12. The van der Waals surface area contributed by atoms with Gasteiger partial charge in [0.2, 0.25) is 0 Å². The van der Waals surface area contributed by atoms with Gasteiger partial charge in [0.25, 0.3) is 0 Å². The van der Waals surface area contributed by atoms with E-state index in [1.54, 1.807) is 0 Å². The summed E-state index contributed by atoms with van der Waals surface area (Å²) in [6.07, 6.45) is 0. The zero-order valence-corrected chi connectivity index (χ0v) is 38.9. The molecule has 2 aromatic heterocycles. The molecule has 322 valence electrons. The average molecular weight is 857 g/mol. The maximum Gasteiger partial charge on any atom is 0.159 e. The standard InChI is InChI=1S/C62H52N2O2/c1-37-25-31-45-43-21-15-23-49(61(3,4)5)57(43)65-59(45)55(37)63(41-17-11-9-12-18-41)51-35-29-39-28-34-48-52(36-30-40-27-33-47(51)53(39)54(40)48)64(42-19-13-10-14-20-42)56-38(2)26-32-46-44-22-16-24-50(62(6,7)8)58(44)66-60(46)56/h9-36H,1-8H3. The third-order valence-corrected chi connectivity index (χ3v) is 13.9. The van der Waals surface area contributed by atoms with Crippen molar-refractivity contribution in [3.8, 4) is 0 Å². The van der Waals surface area contributed by atoms with E-state index in [9.17, 15) is 0 Å². The molecule has 0 aliphatic carbocycles. The number of aryl methyl sites for hydroxylation is 2. The minimum absolute atomic E-state index is 0.0875. The molecule has 66 heavy (non-hydrogen) atoms. The van der Waals surface area contributed by atoms with Crippen LogP contribution < -0.4 is 9.80 Å². The lowest BCUT2D eigenvalue weighted by molar-refractivity contribution is 0.572. The zero-order chi connectivity index (χ0) is 45.2. The number of fused-ring (bicyclic) bond motifs is 6. The van der Waals surface area contributed by atoms with Gasteiger partial charge >= 0.3 is 0 Å². The third-order valence-electron chi connectivity index (χ3n) is 13.9. The van der Waals surface area contributed by atoms with Crippen LogP contribution in [0.15, 0.2) is 179 Å². The van der Waals surface area contributed by atoms with Gasteiger partial charge < -0.3 is 18.6 Å². The highest BCUT2D eigenvalue weighted by Crippen LogP contribution is 2.52. The Morgan fingerprint density at radius 3 is 1.09 bits per heavy atom. The molecule has 0 unspecified atom stereocenters. The number of hydrogen-bond acceptors (Lipinski definition) is 4. The van der Waals surface area contributed by atoms with Gasteiger partial charge in [0.05, 0.1) is 22.7 Å². The van der Waals surface area contributed by atoms with Gasteiger partial charge in [-0.1, -0.05) is 175 Å². The molecule has 0 saturated carbocycles. The van der Waals surface area contributed by atoms with Crippen LogP contribution in [0, 0.1) is 13.8 Å². The molecule has 10 aromatic carbocycles. The molecule has 0 N–H and O–H groups in total. The van der Waals surface area contributed by atoms with Crippen molar-refractivity contribution in [1.82, 2.24) is 0 Å². The normalized spacial score (nSPS) is 12.5. The van der Waals surface area contributed by atoms with Crippen LogP contribution in [0.1, 0.15) is 63.8 Å². The number of benzene rings is 10. The van der Waals surface area contributed by atoms with Crippen LogP contribution in [0.4, 0.5) is 34.1 Å². The molecule has 12 aromatic rings. The molecule has 0 aliphatic heterocycles. The molecule has 4 heteroatoms. The van der Waals surface area contributed by atoms with Crippen LogP contribution >= 0.6 is 0 Å². The van der Waals surface area contributed by atoms with Gasteiger partial charge in [-0.15, -0.1) is 0 Å². The molecule has 12 rings (SSSR count). The van der Waals surface area contributed by atoms with Crippen molar-refractivity contribution in [1.29, 1.82) is 0 Å². The Balaban J connectivity index is 1.13. The molecule has 0 radical (unpaired) electrons. The molecule has 0 aliphatic rings. The Labute approximate surface area is 385 Å². The fourth-order valence-corrected chi connectivity index (χ4v) is 10.7. The lowest BCUT2D eigenvalue weighted by Gasteiger charge is -2.30. The summed E-state index contributed by atoms with van der Waals surface area (Å²) in [4.78, 5) is 4.86. The van der Waals surface area contributed by atoms with E-state index in [-0.39, 0.29) is 10.8 Å². The fourth-order valence-electron chi connectivity index (χ4n) is 10.7. The number of furan rings is 2. The van der Waals surface area contributed by atoms with E-state index in [1.165, 1.54) is 43.4 Å². The van der Waals surface area contributed by atoms with E-state index in [0.29, 0.717) is 0 Å². The summed E-state index contributed by atoms with van der Waals surface area (Å²) >= 11 is 0. The summed E-state index contributed by atoms with van der Waals surface area (Å²) in [5.41, 5.74) is 14.6. The van der Waals surface area contributed by atoms with E-state index in [2.05, 4.69) is 235 Å². The second kappa shape index (κ2) is 14.5.